The molecule has 1 atom stereocenters. The number of aliphatic hydroxyl groups is 1. The van der Waals surface area contributed by atoms with Gasteiger partial charge in [-0.15, -0.1) is 0 Å². The summed E-state index contributed by atoms with van der Waals surface area (Å²) in [6.07, 6.45) is 7.81. The SMILES string of the molecule is CCOc1ccc(-c2cc(C(O)NC34CCC(CC3)N(C3CC3)C4)c(F)c(-c3cnc(N)c(F)n3)n2)cn1. The first-order valence-corrected chi connectivity index (χ1v) is 13.2. The highest BCUT2D eigenvalue weighted by molar-refractivity contribution is 5.66. The summed E-state index contributed by atoms with van der Waals surface area (Å²) in [6, 6.07) is 6.16. The van der Waals surface area contributed by atoms with Crippen LogP contribution in [0.2, 0.25) is 0 Å². The van der Waals surface area contributed by atoms with E-state index in [1.807, 2.05) is 6.92 Å². The van der Waals surface area contributed by atoms with E-state index >= 15 is 4.39 Å². The van der Waals surface area contributed by atoms with Crippen LogP contribution >= 0.6 is 0 Å². The second kappa shape index (κ2) is 9.79. The van der Waals surface area contributed by atoms with Crippen molar-refractivity contribution < 1.29 is 18.6 Å². The summed E-state index contributed by atoms with van der Waals surface area (Å²) in [5, 5.41) is 14.8. The van der Waals surface area contributed by atoms with Crippen molar-refractivity contribution in [3.05, 3.63) is 47.9 Å². The maximum atomic E-state index is 16.0. The quantitative estimate of drug-likeness (QED) is 0.380. The van der Waals surface area contributed by atoms with Crippen LogP contribution in [0.15, 0.2) is 30.6 Å². The van der Waals surface area contributed by atoms with Gasteiger partial charge in [-0.3, -0.25) is 10.2 Å². The average Bonchev–Trinajstić information content (AvgIpc) is 3.77. The zero-order valence-corrected chi connectivity index (χ0v) is 21.2. The Kier molecular flexibility index (Phi) is 6.45. The highest BCUT2D eigenvalue weighted by atomic mass is 19.1. The number of nitrogens with two attached hydrogens (primary N) is 1. The Labute approximate surface area is 219 Å². The normalized spacial score (nSPS) is 23.9. The van der Waals surface area contributed by atoms with E-state index in [9.17, 15) is 9.50 Å². The number of aromatic nitrogens is 4. The second-order valence-electron chi connectivity index (χ2n) is 10.5. The number of nitrogens with zero attached hydrogens (tertiary/aromatic N) is 5. The zero-order chi connectivity index (χ0) is 26.4. The number of hydrogen-bond acceptors (Lipinski definition) is 9. The van der Waals surface area contributed by atoms with Crippen molar-refractivity contribution >= 4 is 5.82 Å². The van der Waals surface area contributed by atoms with Crippen LogP contribution < -0.4 is 15.8 Å². The molecule has 3 aromatic rings. The first kappa shape index (κ1) is 25.0. The van der Waals surface area contributed by atoms with E-state index in [4.69, 9.17) is 10.5 Å². The molecule has 2 saturated carbocycles. The van der Waals surface area contributed by atoms with E-state index in [0.29, 0.717) is 35.8 Å². The fraction of sp³-hybridized carbons (Fsp3) is 0.481. The molecule has 200 valence electrons. The van der Waals surface area contributed by atoms with Gasteiger partial charge in [0.1, 0.15) is 17.6 Å². The molecule has 3 aromatic heterocycles. The Morgan fingerprint density at radius 1 is 1.11 bits per heavy atom. The molecule has 4 N–H and O–H groups in total. The fourth-order valence-electron chi connectivity index (χ4n) is 5.84. The number of fused-ring (bicyclic) bond motifs is 3. The lowest BCUT2D eigenvalue weighted by Gasteiger charge is -2.54. The predicted molar refractivity (Wildman–Crippen MR) is 137 cm³/mol. The van der Waals surface area contributed by atoms with Crippen LogP contribution in [0.4, 0.5) is 14.6 Å². The van der Waals surface area contributed by atoms with Crippen LogP contribution in [0, 0.1) is 11.8 Å². The Balaban J connectivity index is 1.38. The Hall–Kier alpha value is -3.28. The van der Waals surface area contributed by atoms with E-state index in [2.05, 4.69) is 30.2 Å². The Morgan fingerprint density at radius 3 is 2.53 bits per heavy atom. The van der Waals surface area contributed by atoms with Crippen LogP contribution in [0.25, 0.3) is 22.6 Å². The highest BCUT2D eigenvalue weighted by Gasteiger charge is 2.49. The number of nitrogen functional groups attached to an aromatic ring is 1. The molecule has 0 radical (unpaired) electrons. The Morgan fingerprint density at radius 2 is 1.87 bits per heavy atom. The third-order valence-electron chi connectivity index (χ3n) is 7.93. The van der Waals surface area contributed by atoms with Gasteiger partial charge in [0.2, 0.25) is 5.88 Å². The molecular weight excluding hydrogens is 492 g/mol. The molecule has 4 fully saturated rings. The van der Waals surface area contributed by atoms with Crippen molar-refractivity contribution in [1.29, 1.82) is 0 Å². The van der Waals surface area contributed by atoms with Crippen LogP contribution in [-0.2, 0) is 0 Å². The summed E-state index contributed by atoms with van der Waals surface area (Å²) in [5.74, 6) is -1.77. The van der Waals surface area contributed by atoms with Crippen molar-refractivity contribution in [3.63, 3.8) is 0 Å². The molecule has 7 rings (SSSR count). The third-order valence-corrected chi connectivity index (χ3v) is 7.93. The van der Waals surface area contributed by atoms with Crippen molar-refractivity contribution in [2.45, 2.75) is 69.3 Å². The molecular formula is C27H31F2N7O2. The molecule has 0 amide bonds. The molecule has 0 aromatic carbocycles. The molecule has 2 bridgehead atoms. The summed E-state index contributed by atoms with van der Waals surface area (Å²) < 4.78 is 35.6. The predicted octanol–water partition coefficient (Wildman–Crippen LogP) is 3.60. The lowest BCUT2D eigenvalue weighted by atomic mass is 9.73. The number of ether oxygens (including phenoxy) is 1. The number of hydrogen-bond donors (Lipinski definition) is 3. The standard InChI is InChI=1S/C27H31F2N7O2/c1-2-38-21-6-3-15(12-31-21)19-11-18(22(28)23(33-19)20-13-32-25(30)24(29)34-20)26(37)35-27-9-7-17(8-10-27)36(14-27)16-4-5-16/h3,6,11-13,16-17,26,35,37H,2,4-5,7-10,14H2,1H3,(H2,30,32). The maximum Gasteiger partial charge on any atom is 0.256 e. The van der Waals surface area contributed by atoms with E-state index in [0.717, 1.165) is 32.2 Å². The minimum Gasteiger partial charge on any atom is -0.478 e. The molecule has 9 nitrogen and oxygen atoms in total. The molecule has 11 heteroatoms. The lowest BCUT2D eigenvalue weighted by Crippen LogP contribution is -2.65. The lowest BCUT2D eigenvalue weighted by molar-refractivity contribution is -0.0285. The third kappa shape index (κ3) is 4.70. The number of nitrogens with one attached hydrogen (secondary N) is 1. The first-order chi connectivity index (χ1) is 18.4. The van der Waals surface area contributed by atoms with Gasteiger partial charge in [0.05, 0.1) is 18.5 Å². The molecule has 5 heterocycles. The van der Waals surface area contributed by atoms with Crippen molar-refractivity contribution in [3.8, 4) is 28.5 Å². The molecule has 2 aliphatic heterocycles. The molecule has 0 spiro atoms. The van der Waals surface area contributed by atoms with Crippen LogP contribution in [0.3, 0.4) is 0 Å². The molecule has 2 aliphatic carbocycles. The van der Waals surface area contributed by atoms with Gasteiger partial charge in [-0.2, -0.15) is 4.39 Å². The van der Waals surface area contributed by atoms with Crippen LogP contribution in [-0.4, -0.2) is 60.7 Å². The Bertz CT molecular complexity index is 1330. The van der Waals surface area contributed by atoms with E-state index in [1.54, 1.807) is 18.3 Å². The number of anilines is 1. The zero-order valence-electron chi connectivity index (χ0n) is 21.2. The monoisotopic (exact) mass is 523 g/mol. The molecule has 2 saturated heterocycles. The first-order valence-electron chi connectivity index (χ1n) is 13.2. The largest absolute Gasteiger partial charge is 0.478 e. The van der Waals surface area contributed by atoms with Gasteiger partial charge in [-0.05, 0) is 57.6 Å². The van der Waals surface area contributed by atoms with Gasteiger partial charge in [0, 0.05) is 47.6 Å². The highest BCUT2D eigenvalue weighted by Crippen LogP contribution is 2.44. The van der Waals surface area contributed by atoms with Crippen molar-refractivity contribution in [1.82, 2.24) is 30.2 Å². The average molecular weight is 524 g/mol. The van der Waals surface area contributed by atoms with Crippen molar-refractivity contribution in [2.24, 2.45) is 0 Å². The summed E-state index contributed by atoms with van der Waals surface area (Å²) in [5.41, 5.74) is 5.73. The molecule has 1 unspecified atom stereocenters. The van der Waals surface area contributed by atoms with Crippen LogP contribution in [0.5, 0.6) is 5.88 Å². The van der Waals surface area contributed by atoms with Gasteiger partial charge >= 0.3 is 0 Å². The van der Waals surface area contributed by atoms with Crippen LogP contribution in [0.1, 0.15) is 57.2 Å². The van der Waals surface area contributed by atoms with Crippen molar-refractivity contribution in [2.75, 3.05) is 18.9 Å². The smallest absolute Gasteiger partial charge is 0.256 e. The van der Waals surface area contributed by atoms with E-state index in [-0.39, 0.29) is 22.5 Å². The van der Waals surface area contributed by atoms with E-state index in [1.165, 1.54) is 25.1 Å². The number of halogens is 2. The van der Waals surface area contributed by atoms with Gasteiger partial charge in [-0.25, -0.2) is 24.3 Å². The fourth-order valence-corrected chi connectivity index (χ4v) is 5.84. The topological polar surface area (TPSA) is 122 Å². The molecule has 4 aliphatic rings. The number of pyridine rings is 2. The van der Waals surface area contributed by atoms with Gasteiger partial charge in [0.25, 0.3) is 5.95 Å². The summed E-state index contributed by atoms with van der Waals surface area (Å²) in [6.45, 7) is 3.16. The van der Waals surface area contributed by atoms with Gasteiger partial charge in [-0.1, -0.05) is 0 Å². The van der Waals surface area contributed by atoms with E-state index < -0.39 is 23.8 Å². The summed E-state index contributed by atoms with van der Waals surface area (Å²) in [4.78, 5) is 18.8. The second-order valence-corrected chi connectivity index (χ2v) is 10.5. The van der Waals surface area contributed by atoms with Gasteiger partial charge < -0.3 is 15.6 Å². The minimum absolute atomic E-state index is 0.00189. The summed E-state index contributed by atoms with van der Waals surface area (Å²) >= 11 is 0. The number of piperidine rings is 2. The van der Waals surface area contributed by atoms with Gasteiger partial charge in [0.15, 0.2) is 11.6 Å². The maximum absolute atomic E-state index is 16.0. The number of aliphatic hydroxyl groups excluding tert-OH is 1. The number of rotatable bonds is 8. The minimum atomic E-state index is -1.31. The summed E-state index contributed by atoms with van der Waals surface area (Å²) in [7, 11) is 0. The molecule has 38 heavy (non-hydrogen) atoms.